The highest BCUT2D eigenvalue weighted by molar-refractivity contribution is 6.67. The largest absolute Gasteiger partial charge is 0.435 e. The van der Waals surface area contributed by atoms with Crippen molar-refractivity contribution < 1.29 is 49.1 Å². The van der Waals surface area contributed by atoms with Crippen LogP contribution in [-0.4, -0.2) is 17.1 Å². The van der Waals surface area contributed by atoms with Gasteiger partial charge in [-0.1, -0.05) is 11.2 Å². The molecule has 13 heteroatoms. The maximum atomic E-state index is 14.1. The predicted octanol–water partition coefficient (Wildman–Crippen LogP) is 6.99. The lowest BCUT2D eigenvalue weighted by Gasteiger charge is -2.30. The van der Waals surface area contributed by atoms with Gasteiger partial charge in [-0.3, -0.25) is 4.79 Å². The number of alkyl halides is 9. The maximum absolute atomic E-state index is 14.1. The lowest BCUT2D eigenvalue weighted by atomic mass is 9.84. The average molecular weight is 504 g/mol. The summed E-state index contributed by atoms with van der Waals surface area (Å²) in [4.78, 5) is 15.9. The predicted molar refractivity (Wildman–Crippen MR) is 97.8 cm³/mol. The molecule has 2 aromatic rings. The molecule has 3 nitrogen and oxygen atoms in total. The Bertz CT molecular complexity index is 1100. The quantitative estimate of drug-likeness (QED) is 0.334. The van der Waals surface area contributed by atoms with Gasteiger partial charge in [0.2, 0.25) is 0 Å². The fourth-order valence-electron chi connectivity index (χ4n) is 3.31. The molecular weight excluding hydrogens is 493 g/mol. The molecule has 1 atom stereocenters. The van der Waals surface area contributed by atoms with E-state index < -0.39 is 58.2 Å². The van der Waals surface area contributed by atoms with Gasteiger partial charge in [0.1, 0.15) is 0 Å². The second-order valence-electron chi connectivity index (χ2n) is 7.23. The SMILES string of the molecule is Cc1cc(C2=NOC(c3cc(C(F)(F)F)cc(C(F)(F)F)c3)(C(F)(F)F)C2)ccc1C(=O)Cl. The molecule has 0 N–H and O–H groups in total. The lowest BCUT2D eigenvalue weighted by Crippen LogP contribution is -2.43. The number of carbonyl (C=O) groups is 1. The summed E-state index contributed by atoms with van der Waals surface area (Å²) in [6.07, 6.45) is -17.4. The molecule has 0 bridgehead atoms. The van der Waals surface area contributed by atoms with Crippen LogP contribution in [0.15, 0.2) is 41.6 Å². The van der Waals surface area contributed by atoms with Crippen LogP contribution < -0.4 is 0 Å². The molecule has 3 rings (SSSR count). The van der Waals surface area contributed by atoms with Crippen molar-refractivity contribution in [2.45, 2.75) is 37.5 Å². The second kappa shape index (κ2) is 7.93. The van der Waals surface area contributed by atoms with E-state index in [0.29, 0.717) is 0 Å². The van der Waals surface area contributed by atoms with Crippen LogP contribution in [0.5, 0.6) is 0 Å². The number of aryl methyl sites for hydroxylation is 1. The Morgan fingerprint density at radius 1 is 0.939 bits per heavy atom. The number of nitrogens with zero attached hydrogens (tertiary/aromatic N) is 1. The monoisotopic (exact) mass is 503 g/mol. The number of hydrogen-bond donors (Lipinski definition) is 0. The third-order valence-corrected chi connectivity index (χ3v) is 5.21. The summed E-state index contributed by atoms with van der Waals surface area (Å²) in [6.45, 7) is 1.43. The van der Waals surface area contributed by atoms with Crippen molar-refractivity contribution in [2.75, 3.05) is 0 Å². The highest BCUT2D eigenvalue weighted by Crippen LogP contribution is 2.50. The van der Waals surface area contributed by atoms with Crippen LogP contribution in [-0.2, 0) is 22.8 Å². The van der Waals surface area contributed by atoms with Gasteiger partial charge in [0.25, 0.3) is 10.8 Å². The zero-order valence-corrected chi connectivity index (χ0v) is 17.0. The third kappa shape index (κ3) is 4.66. The van der Waals surface area contributed by atoms with Crippen molar-refractivity contribution in [3.05, 3.63) is 69.8 Å². The van der Waals surface area contributed by atoms with Crippen molar-refractivity contribution in [1.82, 2.24) is 0 Å². The Balaban J connectivity index is 2.14. The van der Waals surface area contributed by atoms with Gasteiger partial charge in [-0.05, 0) is 60.0 Å². The number of rotatable bonds is 3. The number of benzene rings is 2. The Morgan fingerprint density at radius 2 is 1.48 bits per heavy atom. The number of halogens is 10. The summed E-state index contributed by atoms with van der Waals surface area (Å²) in [6, 6.07) is 3.27. The molecule has 1 unspecified atom stereocenters. The molecule has 1 aliphatic rings. The highest BCUT2D eigenvalue weighted by atomic mass is 35.5. The van der Waals surface area contributed by atoms with Gasteiger partial charge in [-0.15, -0.1) is 0 Å². The summed E-state index contributed by atoms with van der Waals surface area (Å²) in [7, 11) is 0. The summed E-state index contributed by atoms with van der Waals surface area (Å²) in [5, 5.41) is 2.48. The molecule has 0 aliphatic carbocycles. The molecule has 0 saturated heterocycles. The van der Waals surface area contributed by atoms with Crippen LogP contribution in [0.4, 0.5) is 39.5 Å². The lowest BCUT2D eigenvalue weighted by molar-refractivity contribution is -0.276. The average Bonchev–Trinajstić information content (AvgIpc) is 3.13. The van der Waals surface area contributed by atoms with Crippen LogP contribution in [0.1, 0.15) is 44.6 Å². The molecule has 1 heterocycles. The number of carbonyl (C=O) groups excluding carboxylic acids is 1. The van der Waals surface area contributed by atoms with E-state index in [1.807, 2.05) is 0 Å². The zero-order valence-electron chi connectivity index (χ0n) is 16.2. The van der Waals surface area contributed by atoms with Gasteiger partial charge in [0.05, 0.1) is 16.8 Å². The Hall–Kier alpha value is -2.76. The standard InChI is InChI=1S/C20H11ClF9NO2/c1-9-4-10(2-3-14(9)16(21)32)15-8-17(33-31-15,20(28,29)30)11-5-12(18(22,23)24)7-13(6-11)19(25,26)27/h2-7H,8H2,1H3. The molecule has 0 radical (unpaired) electrons. The van der Waals surface area contributed by atoms with Crippen LogP contribution >= 0.6 is 11.6 Å². The second-order valence-corrected chi connectivity index (χ2v) is 7.57. The van der Waals surface area contributed by atoms with E-state index in [0.717, 1.165) is 0 Å². The van der Waals surface area contributed by atoms with Crippen LogP contribution in [0.3, 0.4) is 0 Å². The first-order valence-corrected chi connectivity index (χ1v) is 9.26. The molecular formula is C20H11ClF9NO2. The van der Waals surface area contributed by atoms with Crippen molar-refractivity contribution in [2.24, 2.45) is 5.16 Å². The summed E-state index contributed by atoms with van der Waals surface area (Å²) in [5.41, 5.74) is -8.91. The first kappa shape index (κ1) is 24.9. The molecule has 0 fully saturated rings. The fourth-order valence-corrected chi connectivity index (χ4v) is 3.52. The number of oxime groups is 1. The van der Waals surface area contributed by atoms with Crippen molar-refractivity contribution in [1.29, 1.82) is 0 Å². The van der Waals surface area contributed by atoms with E-state index in [4.69, 9.17) is 11.6 Å². The number of hydrogen-bond acceptors (Lipinski definition) is 3. The van der Waals surface area contributed by atoms with Crippen LogP contribution in [0.25, 0.3) is 0 Å². The summed E-state index contributed by atoms with van der Waals surface area (Å²) >= 11 is 5.38. The molecule has 0 aromatic heterocycles. The summed E-state index contributed by atoms with van der Waals surface area (Å²) < 4.78 is 121. The van der Waals surface area contributed by atoms with Gasteiger partial charge >= 0.3 is 18.5 Å². The van der Waals surface area contributed by atoms with E-state index in [1.165, 1.54) is 25.1 Å². The van der Waals surface area contributed by atoms with E-state index >= 15 is 0 Å². The smallest absolute Gasteiger partial charge is 0.374 e. The Labute approximate surface area is 184 Å². The van der Waals surface area contributed by atoms with Gasteiger partial charge < -0.3 is 4.84 Å². The minimum absolute atomic E-state index is 0.0170. The van der Waals surface area contributed by atoms with E-state index in [1.54, 1.807) is 0 Å². The molecule has 178 valence electrons. The first-order valence-electron chi connectivity index (χ1n) is 8.88. The molecule has 0 amide bonds. The van der Waals surface area contributed by atoms with E-state index in [2.05, 4.69) is 9.99 Å². The zero-order chi connectivity index (χ0) is 25.0. The van der Waals surface area contributed by atoms with Crippen molar-refractivity contribution in [3.8, 4) is 0 Å². The molecule has 33 heavy (non-hydrogen) atoms. The van der Waals surface area contributed by atoms with Crippen LogP contribution in [0, 0.1) is 6.92 Å². The first-order chi connectivity index (χ1) is 15.0. The Morgan fingerprint density at radius 3 is 1.91 bits per heavy atom. The summed E-state index contributed by atoms with van der Waals surface area (Å²) in [5.74, 6) is 0. The van der Waals surface area contributed by atoms with Crippen LogP contribution in [0.2, 0.25) is 0 Å². The van der Waals surface area contributed by atoms with Gasteiger partial charge in [-0.2, -0.15) is 39.5 Å². The topological polar surface area (TPSA) is 38.7 Å². The molecule has 2 aromatic carbocycles. The third-order valence-electron chi connectivity index (χ3n) is 5.01. The Kier molecular flexibility index (Phi) is 5.97. The normalized spacial score (nSPS) is 19.3. The fraction of sp³-hybridized carbons (Fsp3) is 0.300. The molecule has 0 saturated carbocycles. The molecule has 1 aliphatic heterocycles. The van der Waals surface area contributed by atoms with Crippen molar-refractivity contribution >= 4 is 22.6 Å². The maximum Gasteiger partial charge on any atom is 0.435 e. The van der Waals surface area contributed by atoms with E-state index in [9.17, 15) is 44.3 Å². The minimum Gasteiger partial charge on any atom is -0.374 e. The highest BCUT2D eigenvalue weighted by Gasteiger charge is 2.63. The molecule has 0 spiro atoms. The van der Waals surface area contributed by atoms with Crippen molar-refractivity contribution in [3.63, 3.8) is 0 Å². The van der Waals surface area contributed by atoms with Gasteiger partial charge in [-0.25, -0.2) is 0 Å². The van der Waals surface area contributed by atoms with Gasteiger partial charge in [0.15, 0.2) is 0 Å². The van der Waals surface area contributed by atoms with Gasteiger partial charge in [0, 0.05) is 17.5 Å². The van der Waals surface area contributed by atoms with E-state index in [-0.39, 0.29) is 34.9 Å². The minimum atomic E-state index is -5.44.